The molecule has 4 aromatic rings. The molecule has 3 amide bonds. The molecule has 0 aliphatic carbocycles. The van der Waals surface area contributed by atoms with Gasteiger partial charge in [-0.2, -0.15) is 16.8 Å². The monoisotopic (exact) mass is 968 g/mol. The first-order valence-corrected chi connectivity index (χ1v) is 23.9. The van der Waals surface area contributed by atoms with Crippen LogP contribution >= 0.6 is 0 Å². The Bertz CT molecular complexity index is 3070. The van der Waals surface area contributed by atoms with Gasteiger partial charge in [0.05, 0.1) is 16.0 Å². The van der Waals surface area contributed by atoms with Gasteiger partial charge in [-0.25, -0.2) is 4.79 Å². The third kappa shape index (κ3) is 9.38. The van der Waals surface area contributed by atoms with Crippen LogP contribution in [-0.4, -0.2) is 98.8 Å². The second-order valence-corrected chi connectivity index (χ2v) is 19.3. The number of hydrogen-bond acceptors (Lipinski definition) is 11. The SMILES string of the molecule is CC1=C2CCC(=O)NCCCCC(C(=O)NCc3ccc(S(=O)(=O)O)cc3S(=O)(=O)O)NC(=O)CCc3c(C)c4n(c3C)[B-](F)(F)[N+](=C2C)C1=C4c1ccc(C(=O)On2c(O)ccc2O)cc1. The van der Waals surface area contributed by atoms with Crippen molar-refractivity contribution in [3.63, 3.8) is 0 Å². The van der Waals surface area contributed by atoms with Crippen molar-refractivity contribution in [3.8, 4) is 11.8 Å². The van der Waals surface area contributed by atoms with Crippen molar-refractivity contribution >= 4 is 62.2 Å². The number of amides is 3. The molecule has 67 heavy (non-hydrogen) atoms. The highest BCUT2D eigenvalue weighted by molar-refractivity contribution is 7.86. The van der Waals surface area contributed by atoms with E-state index in [1.807, 2.05) is 0 Å². The van der Waals surface area contributed by atoms with Gasteiger partial charge < -0.3 is 48.6 Å². The number of nitrogens with one attached hydrogen (secondary N) is 3. The van der Waals surface area contributed by atoms with Gasteiger partial charge in [0.15, 0.2) is 5.70 Å². The lowest BCUT2D eigenvalue weighted by Gasteiger charge is -2.34. The molecule has 2 aromatic carbocycles. The Morgan fingerprint density at radius 3 is 2.18 bits per heavy atom. The molecule has 356 valence electrons. The van der Waals surface area contributed by atoms with Gasteiger partial charge >= 0.3 is 12.9 Å². The first-order valence-electron chi connectivity index (χ1n) is 21.1. The third-order valence-electron chi connectivity index (χ3n) is 12.3. The summed E-state index contributed by atoms with van der Waals surface area (Å²) in [6, 6.07) is 9.33. The molecule has 7 N–H and O–H groups in total. The van der Waals surface area contributed by atoms with Crippen LogP contribution in [0.25, 0.3) is 5.57 Å². The van der Waals surface area contributed by atoms with Gasteiger partial charge in [-0.05, 0) is 105 Å². The lowest BCUT2D eigenvalue weighted by molar-refractivity contribution is -0.363. The van der Waals surface area contributed by atoms with Crippen molar-refractivity contribution in [2.75, 3.05) is 6.54 Å². The summed E-state index contributed by atoms with van der Waals surface area (Å²) in [7, 11) is -9.91. The van der Waals surface area contributed by atoms with E-state index in [0.717, 1.165) is 33.2 Å². The van der Waals surface area contributed by atoms with Crippen LogP contribution in [0.4, 0.5) is 8.63 Å². The minimum absolute atomic E-state index is 0.00418. The topological polar surface area (TPSA) is 276 Å². The summed E-state index contributed by atoms with van der Waals surface area (Å²) in [6.45, 7) is 1.52. The Balaban J connectivity index is 1.23. The third-order valence-corrected chi connectivity index (χ3v) is 14.1. The molecule has 1 atom stereocenters. The predicted octanol–water partition coefficient (Wildman–Crippen LogP) is 3.69. The molecule has 4 aliphatic rings. The molecule has 24 heteroatoms. The summed E-state index contributed by atoms with van der Waals surface area (Å²) < 4.78 is 104. The van der Waals surface area contributed by atoms with Crippen LogP contribution in [-0.2, 0) is 47.6 Å². The van der Waals surface area contributed by atoms with E-state index in [4.69, 9.17) is 4.84 Å². The highest BCUT2D eigenvalue weighted by Gasteiger charge is 2.57. The maximum Gasteiger partial charge on any atom is 0.737 e. The molecular formula is C43H47BF2N6O13S2. The number of hydrogen-bond donors (Lipinski definition) is 7. The van der Waals surface area contributed by atoms with Crippen molar-refractivity contribution in [3.05, 3.63) is 111 Å². The largest absolute Gasteiger partial charge is 0.737 e. The zero-order valence-corrected chi connectivity index (χ0v) is 38.2. The van der Waals surface area contributed by atoms with Crippen molar-refractivity contribution in [2.24, 2.45) is 0 Å². The van der Waals surface area contributed by atoms with E-state index in [9.17, 15) is 55.3 Å². The van der Waals surface area contributed by atoms with Gasteiger partial charge in [-0.15, -0.1) is 4.73 Å². The molecule has 6 bridgehead atoms. The van der Waals surface area contributed by atoms with Crippen molar-refractivity contribution in [1.29, 1.82) is 0 Å². The highest BCUT2D eigenvalue weighted by Crippen LogP contribution is 2.47. The Labute approximate surface area is 383 Å². The van der Waals surface area contributed by atoms with Crippen molar-refractivity contribution in [2.45, 2.75) is 95.0 Å². The van der Waals surface area contributed by atoms with E-state index in [-0.39, 0.29) is 78.5 Å². The van der Waals surface area contributed by atoms with Crippen molar-refractivity contribution < 1.29 is 73.3 Å². The molecule has 0 fully saturated rings. The summed E-state index contributed by atoms with van der Waals surface area (Å²) in [5, 5.41) is 27.9. The number of halogens is 2. The average molecular weight is 969 g/mol. The number of fused-ring (bicyclic) bond motifs is 12. The maximum atomic E-state index is 17.4. The molecule has 0 spiro atoms. The number of carbonyl (C=O) groups excluding carboxylic acids is 4. The Morgan fingerprint density at radius 1 is 0.881 bits per heavy atom. The lowest BCUT2D eigenvalue weighted by atomic mass is 9.83. The molecule has 8 rings (SSSR count). The van der Waals surface area contributed by atoms with E-state index in [0.29, 0.717) is 57.0 Å². The summed E-state index contributed by atoms with van der Waals surface area (Å²) in [4.78, 5) is 57.0. The van der Waals surface area contributed by atoms with E-state index >= 15 is 8.63 Å². The van der Waals surface area contributed by atoms with Crippen molar-refractivity contribution in [1.82, 2.24) is 25.2 Å². The number of allylic oxidation sites excluding steroid dienone is 2. The molecule has 1 unspecified atom stereocenters. The second kappa shape index (κ2) is 18.2. The minimum atomic E-state index is -5.04. The fraction of sp³-hybridized carbons (Fsp3) is 0.326. The van der Waals surface area contributed by atoms with Crippen LogP contribution in [0.5, 0.6) is 11.8 Å². The van der Waals surface area contributed by atoms with Crippen LogP contribution in [0.2, 0.25) is 0 Å². The first kappa shape index (κ1) is 48.3. The molecule has 0 radical (unpaired) electrons. The maximum absolute atomic E-state index is 17.4. The minimum Gasteiger partial charge on any atom is -0.492 e. The smallest absolute Gasteiger partial charge is 0.492 e. The van der Waals surface area contributed by atoms with Gasteiger partial charge in [0.1, 0.15) is 16.6 Å². The molecule has 6 heterocycles. The molecule has 0 saturated heterocycles. The summed E-state index contributed by atoms with van der Waals surface area (Å²) in [6.07, 6.45) is 0.512. The summed E-state index contributed by atoms with van der Waals surface area (Å²) >= 11 is 0. The lowest BCUT2D eigenvalue weighted by Crippen LogP contribution is -2.51. The molecule has 19 nitrogen and oxygen atoms in total. The Morgan fingerprint density at radius 2 is 1.54 bits per heavy atom. The first-order chi connectivity index (χ1) is 31.4. The number of rotatable bonds is 8. The zero-order chi connectivity index (χ0) is 48.9. The number of aromatic nitrogens is 2. The van der Waals surface area contributed by atoms with Gasteiger partial charge in [-0.3, -0.25) is 23.5 Å². The molecular weight excluding hydrogens is 921 g/mol. The van der Waals surface area contributed by atoms with Crippen LogP contribution in [0.1, 0.15) is 96.4 Å². The van der Waals surface area contributed by atoms with Crippen LogP contribution in [0.15, 0.2) is 81.2 Å². The quantitative estimate of drug-likeness (QED) is 0.0982. The van der Waals surface area contributed by atoms with Gasteiger partial charge in [0.2, 0.25) is 29.5 Å². The number of aromatic hydroxyl groups is 2. The fourth-order valence-electron chi connectivity index (χ4n) is 9.04. The normalized spacial score (nSPS) is 18.3. The second-order valence-electron chi connectivity index (χ2n) is 16.5. The Kier molecular flexibility index (Phi) is 13.1. The van der Waals surface area contributed by atoms with Gasteiger partial charge in [0, 0.05) is 61.8 Å². The van der Waals surface area contributed by atoms with E-state index in [1.165, 1.54) is 19.1 Å². The van der Waals surface area contributed by atoms with Crippen LogP contribution < -0.4 is 20.8 Å². The van der Waals surface area contributed by atoms with E-state index in [2.05, 4.69) is 16.0 Å². The fourth-order valence-corrected chi connectivity index (χ4v) is 10.4. The Hall–Kier alpha value is -6.63. The standard InChI is InChI=1S/C43H47BF2N6O13S2/c1-23-31-14-16-35(53)47-20-6-5-7-33(42(57)48-22-29-12-13-30(66(59,60)61)21-34(29)67(62,63)64)49-36(54)17-15-32-24(2)41-39(40(23)50(25(31)3)44(45,46)51(41)26(32)4)27-8-10-28(11-9-27)43(58)65-52-37(55)18-19-38(52)56/h8-13,18-19,21,33,55-56H,5-7,14-17,20,22H2,1-4H3,(H,47,53)(H,48,57)(H,49,54)(H,59,60,61)(H,62,63,64). The zero-order valence-electron chi connectivity index (χ0n) is 36.6. The number of benzene rings is 2. The van der Waals surface area contributed by atoms with Crippen LogP contribution in [0, 0.1) is 13.8 Å². The van der Waals surface area contributed by atoms with Gasteiger partial charge in [0.25, 0.3) is 20.2 Å². The molecule has 2 aromatic heterocycles. The van der Waals surface area contributed by atoms with Gasteiger partial charge in [-0.1, -0.05) is 18.2 Å². The molecule has 0 saturated carbocycles. The van der Waals surface area contributed by atoms with Crippen LogP contribution in [0.3, 0.4) is 0 Å². The number of nitrogens with zero attached hydrogens (tertiary/aromatic N) is 3. The summed E-state index contributed by atoms with van der Waals surface area (Å²) in [5.74, 6) is -3.77. The van der Waals surface area contributed by atoms with E-state index in [1.54, 1.807) is 32.9 Å². The molecule has 4 aliphatic heterocycles. The average Bonchev–Trinajstić information content (AvgIpc) is 3.81. The van der Waals surface area contributed by atoms with E-state index < -0.39 is 79.1 Å². The highest BCUT2D eigenvalue weighted by atomic mass is 32.2. The summed E-state index contributed by atoms with van der Waals surface area (Å²) in [5.41, 5.74) is 3.34. The number of carbonyl (C=O) groups is 4. The predicted molar refractivity (Wildman–Crippen MR) is 236 cm³/mol.